The van der Waals surface area contributed by atoms with Crippen LogP contribution >= 0.6 is 0 Å². The maximum Gasteiger partial charge on any atom is 0.336 e. The summed E-state index contributed by atoms with van der Waals surface area (Å²) in [6.45, 7) is 1.87. The number of carbonyl (C=O) groups excluding carboxylic acids is 1. The summed E-state index contributed by atoms with van der Waals surface area (Å²) in [7, 11) is 0. The van der Waals surface area contributed by atoms with E-state index >= 15 is 0 Å². The molecule has 0 spiro atoms. The van der Waals surface area contributed by atoms with Crippen molar-refractivity contribution >= 4 is 17.6 Å². The number of nitrogens with one attached hydrogen (secondary N) is 1. The fourth-order valence-electron chi connectivity index (χ4n) is 1.85. The predicted molar refractivity (Wildman–Crippen MR) is 74.7 cm³/mol. The van der Waals surface area contributed by atoms with Crippen molar-refractivity contribution in [3.8, 4) is 0 Å². The Bertz CT molecular complexity index is 680. The zero-order valence-corrected chi connectivity index (χ0v) is 11.4. The van der Waals surface area contributed by atoms with Gasteiger partial charge in [0.1, 0.15) is 6.54 Å². The molecule has 8 heteroatoms. The molecule has 0 radical (unpaired) electrons. The number of aromatic carboxylic acids is 1. The van der Waals surface area contributed by atoms with E-state index in [1.54, 1.807) is 25.3 Å². The number of nitrogens with zero attached hydrogens (tertiary/aromatic N) is 3. The van der Waals surface area contributed by atoms with Crippen molar-refractivity contribution in [2.24, 2.45) is 5.73 Å². The van der Waals surface area contributed by atoms with E-state index in [1.807, 2.05) is 0 Å². The van der Waals surface area contributed by atoms with E-state index in [0.717, 1.165) is 0 Å². The van der Waals surface area contributed by atoms with Gasteiger partial charge in [0.2, 0.25) is 5.91 Å². The first-order valence-electron chi connectivity index (χ1n) is 6.23. The molecule has 4 N–H and O–H groups in total. The van der Waals surface area contributed by atoms with Gasteiger partial charge in [-0.1, -0.05) is 11.3 Å². The lowest BCUT2D eigenvalue weighted by Gasteiger charge is -2.10. The fraction of sp³-hybridized carbons (Fsp3) is 0.231. The minimum atomic E-state index is -1.03. The molecule has 1 amide bonds. The number of carboxylic acid groups (broad SMARTS) is 1. The van der Waals surface area contributed by atoms with Crippen LogP contribution in [0.3, 0.4) is 0 Å². The van der Waals surface area contributed by atoms with Crippen molar-refractivity contribution in [1.82, 2.24) is 15.0 Å². The summed E-state index contributed by atoms with van der Waals surface area (Å²) in [6.07, 6.45) is 1.58. The van der Waals surface area contributed by atoms with E-state index in [9.17, 15) is 9.59 Å². The van der Waals surface area contributed by atoms with Crippen molar-refractivity contribution in [2.45, 2.75) is 20.0 Å². The largest absolute Gasteiger partial charge is 0.478 e. The normalized spacial score (nSPS) is 10.4. The molecular weight excluding hydrogens is 274 g/mol. The van der Waals surface area contributed by atoms with Crippen molar-refractivity contribution < 1.29 is 14.7 Å². The molecule has 0 aliphatic rings. The third-order valence-electron chi connectivity index (χ3n) is 2.94. The molecule has 2 rings (SSSR count). The highest BCUT2D eigenvalue weighted by Gasteiger charge is 2.12. The maximum absolute atomic E-state index is 11.9. The molecule has 0 fully saturated rings. The molecule has 110 valence electrons. The van der Waals surface area contributed by atoms with E-state index in [1.165, 1.54) is 10.7 Å². The number of aromatic nitrogens is 3. The van der Waals surface area contributed by atoms with Gasteiger partial charge < -0.3 is 16.2 Å². The van der Waals surface area contributed by atoms with Gasteiger partial charge in [0.15, 0.2) is 0 Å². The van der Waals surface area contributed by atoms with Gasteiger partial charge in [-0.15, -0.1) is 5.10 Å². The summed E-state index contributed by atoms with van der Waals surface area (Å²) in [5.74, 6) is -1.36. The van der Waals surface area contributed by atoms with Gasteiger partial charge in [-0.25, -0.2) is 9.48 Å². The second-order valence-corrected chi connectivity index (χ2v) is 4.44. The molecule has 0 unspecified atom stereocenters. The lowest BCUT2D eigenvalue weighted by Crippen LogP contribution is -2.20. The summed E-state index contributed by atoms with van der Waals surface area (Å²) < 4.78 is 1.37. The van der Waals surface area contributed by atoms with E-state index < -0.39 is 5.97 Å². The Kier molecular flexibility index (Phi) is 4.29. The highest BCUT2D eigenvalue weighted by atomic mass is 16.4. The molecule has 0 atom stereocenters. The lowest BCUT2D eigenvalue weighted by atomic mass is 10.1. The molecule has 2 aromatic rings. The minimum Gasteiger partial charge on any atom is -0.478 e. The summed E-state index contributed by atoms with van der Waals surface area (Å²) in [5, 5.41) is 19.2. The second kappa shape index (κ2) is 6.14. The van der Waals surface area contributed by atoms with Crippen molar-refractivity contribution in [2.75, 3.05) is 5.32 Å². The van der Waals surface area contributed by atoms with Crippen LogP contribution in [0, 0.1) is 6.92 Å². The quantitative estimate of drug-likeness (QED) is 0.731. The molecule has 21 heavy (non-hydrogen) atoms. The number of anilines is 1. The van der Waals surface area contributed by atoms with Crippen LogP contribution in [-0.2, 0) is 17.9 Å². The average Bonchev–Trinajstić information content (AvgIpc) is 2.88. The van der Waals surface area contributed by atoms with E-state index in [-0.39, 0.29) is 24.6 Å². The number of hydrogen-bond acceptors (Lipinski definition) is 5. The third-order valence-corrected chi connectivity index (χ3v) is 2.94. The Morgan fingerprint density at radius 2 is 2.19 bits per heavy atom. The lowest BCUT2D eigenvalue weighted by molar-refractivity contribution is -0.116. The topological polar surface area (TPSA) is 123 Å². The van der Waals surface area contributed by atoms with Gasteiger partial charge in [-0.2, -0.15) is 0 Å². The number of benzene rings is 1. The van der Waals surface area contributed by atoms with Crippen LogP contribution in [0.4, 0.5) is 5.69 Å². The molecule has 1 aromatic heterocycles. The summed E-state index contributed by atoms with van der Waals surface area (Å²) in [5.41, 5.74) is 7.11. The monoisotopic (exact) mass is 289 g/mol. The van der Waals surface area contributed by atoms with Gasteiger partial charge in [-0.3, -0.25) is 4.79 Å². The first-order valence-corrected chi connectivity index (χ1v) is 6.23. The summed E-state index contributed by atoms with van der Waals surface area (Å²) in [6, 6.07) is 4.71. The minimum absolute atomic E-state index is 0.0241. The van der Waals surface area contributed by atoms with Gasteiger partial charge in [0.05, 0.1) is 17.5 Å². The number of carboxylic acids is 1. The molecule has 0 saturated carbocycles. The van der Waals surface area contributed by atoms with Crippen molar-refractivity contribution in [3.63, 3.8) is 0 Å². The van der Waals surface area contributed by atoms with Gasteiger partial charge in [0.25, 0.3) is 0 Å². The van der Waals surface area contributed by atoms with Crippen LogP contribution in [0.25, 0.3) is 0 Å². The van der Waals surface area contributed by atoms with Crippen LogP contribution in [0.15, 0.2) is 24.4 Å². The zero-order valence-electron chi connectivity index (χ0n) is 11.4. The van der Waals surface area contributed by atoms with E-state index in [0.29, 0.717) is 16.9 Å². The van der Waals surface area contributed by atoms with Crippen LogP contribution in [0.5, 0.6) is 0 Å². The van der Waals surface area contributed by atoms with Gasteiger partial charge >= 0.3 is 5.97 Å². The van der Waals surface area contributed by atoms with Crippen LogP contribution in [0.1, 0.15) is 21.6 Å². The van der Waals surface area contributed by atoms with Gasteiger partial charge in [-0.05, 0) is 24.6 Å². The van der Waals surface area contributed by atoms with Crippen LogP contribution < -0.4 is 11.1 Å². The Hall–Kier alpha value is -2.74. The maximum atomic E-state index is 11.9. The molecule has 8 nitrogen and oxygen atoms in total. The van der Waals surface area contributed by atoms with Crippen molar-refractivity contribution in [1.29, 1.82) is 0 Å². The average molecular weight is 289 g/mol. The molecule has 0 aliphatic carbocycles. The zero-order chi connectivity index (χ0) is 15.4. The SMILES string of the molecule is Cc1c(NC(=O)Cn2cc(CN)nn2)cccc1C(=O)O. The van der Waals surface area contributed by atoms with E-state index in [2.05, 4.69) is 15.6 Å². The fourth-order valence-corrected chi connectivity index (χ4v) is 1.85. The first kappa shape index (κ1) is 14.7. The Morgan fingerprint density at radius 1 is 1.43 bits per heavy atom. The molecular formula is C13H15N5O3. The van der Waals surface area contributed by atoms with Crippen molar-refractivity contribution in [3.05, 3.63) is 41.2 Å². The molecule has 0 saturated heterocycles. The Labute approximate surface area is 120 Å². The second-order valence-electron chi connectivity index (χ2n) is 4.44. The summed E-state index contributed by atoms with van der Waals surface area (Å²) >= 11 is 0. The number of carbonyl (C=O) groups is 2. The van der Waals surface area contributed by atoms with Gasteiger partial charge in [0, 0.05) is 12.2 Å². The number of hydrogen-bond donors (Lipinski definition) is 3. The molecule has 1 aromatic carbocycles. The van der Waals surface area contributed by atoms with E-state index in [4.69, 9.17) is 10.8 Å². The molecule has 0 bridgehead atoms. The highest BCUT2D eigenvalue weighted by molar-refractivity contribution is 5.95. The van der Waals surface area contributed by atoms with Crippen LogP contribution in [0.2, 0.25) is 0 Å². The Morgan fingerprint density at radius 3 is 2.81 bits per heavy atom. The first-order chi connectivity index (χ1) is 10.0. The smallest absolute Gasteiger partial charge is 0.336 e. The highest BCUT2D eigenvalue weighted by Crippen LogP contribution is 2.18. The third kappa shape index (κ3) is 3.42. The standard InChI is InChI=1S/C13H15N5O3/c1-8-10(13(20)21)3-2-4-11(8)15-12(19)7-18-6-9(5-14)16-17-18/h2-4,6H,5,7,14H2,1H3,(H,15,19)(H,20,21). The number of amides is 1. The Balaban J connectivity index is 2.09. The molecule has 0 aliphatic heterocycles. The molecule has 1 heterocycles. The number of rotatable bonds is 5. The number of nitrogens with two attached hydrogens (primary N) is 1. The summed E-state index contributed by atoms with van der Waals surface area (Å²) in [4.78, 5) is 23.0. The van der Waals surface area contributed by atoms with Crippen LogP contribution in [-0.4, -0.2) is 32.0 Å². The predicted octanol–water partition coefficient (Wildman–Crippen LogP) is 0.382.